The van der Waals surface area contributed by atoms with Crippen LogP contribution in [0.2, 0.25) is 5.02 Å². The van der Waals surface area contributed by atoms with Crippen molar-refractivity contribution < 1.29 is 9.13 Å². The molecule has 2 saturated heterocycles. The molecule has 0 aromatic carbocycles. The highest BCUT2D eigenvalue weighted by Gasteiger charge is 2.39. The van der Waals surface area contributed by atoms with Gasteiger partial charge in [0, 0.05) is 32.4 Å². The fourth-order valence-electron chi connectivity index (χ4n) is 2.99. The zero-order chi connectivity index (χ0) is 14.2. The van der Waals surface area contributed by atoms with E-state index >= 15 is 0 Å². The van der Waals surface area contributed by atoms with Crippen LogP contribution in [0.25, 0.3) is 0 Å². The Hall–Kier alpha value is -0.910. The molecular formula is C14H19ClFN3O. The number of pyridine rings is 1. The molecule has 2 aliphatic rings. The molecule has 2 fully saturated rings. The maximum Gasteiger partial charge on any atom is 0.167 e. The van der Waals surface area contributed by atoms with Crippen LogP contribution in [0.1, 0.15) is 12.8 Å². The molecule has 0 bridgehead atoms. The van der Waals surface area contributed by atoms with Crippen molar-refractivity contribution in [2.45, 2.75) is 18.4 Å². The summed E-state index contributed by atoms with van der Waals surface area (Å²) in [5.74, 6) is 0.0264. The minimum atomic E-state index is -0.359. The topological polar surface area (TPSA) is 28.6 Å². The van der Waals surface area contributed by atoms with E-state index in [1.807, 2.05) is 4.90 Å². The lowest BCUT2D eigenvalue weighted by Crippen LogP contribution is -2.56. The van der Waals surface area contributed by atoms with Gasteiger partial charge in [-0.2, -0.15) is 0 Å². The Labute approximate surface area is 123 Å². The summed E-state index contributed by atoms with van der Waals surface area (Å²) in [6.07, 6.45) is 3.46. The first-order valence-electron chi connectivity index (χ1n) is 6.96. The molecule has 0 unspecified atom stereocenters. The third-order valence-electron chi connectivity index (χ3n) is 4.23. The van der Waals surface area contributed by atoms with Crippen LogP contribution in [0.4, 0.5) is 10.2 Å². The van der Waals surface area contributed by atoms with Crippen molar-refractivity contribution in [3.8, 4) is 0 Å². The molecule has 6 heteroatoms. The molecule has 1 aromatic rings. The minimum absolute atomic E-state index is 0.154. The Kier molecular flexibility index (Phi) is 3.84. The molecule has 20 heavy (non-hydrogen) atoms. The third kappa shape index (κ3) is 2.75. The van der Waals surface area contributed by atoms with Crippen LogP contribution in [0.3, 0.4) is 0 Å². The highest BCUT2D eigenvalue weighted by atomic mass is 35.5. The summed E-state index contributed by atoms with van der Waals surface area (Å²) in [6, 6.07) is 1.32. The van der Waals surface area contributed by atoms with Crippen molar-refractivity contribution >= 4 is 17.4 Å². The molecule has 2 aliphatic heterocycles. The van der Waals surface area contributed by atoms with E-state index in [0.717, 1.165) is 25.9 Å². The Bertz CT molecular complexity index is 491. The Morgan fingerprint density at radius 1 is 1.35 bits per heavy atom. The van der Waals surface area contributed by atoms with E-state index in [1.165, 1.54) is 12.3 Å². The number of hydrogen-bond donors (Lipinski definition) is 0. The number of halogens is 2. The Morgan fingerprint density at radius 3 is 2.80 bits per heavy atom. The van der Waals surface area contributed by atoms with Crippen LogP contribution in [-0.2, 0) is 4.74 Å². The average Bonchev–Trinajstić information content (AvgIpc) is 2.43. The van der Waals surface area contributed by atoms with Gasteiger partial charge in [-0.3, -0.25) is 0 Å². The number of aromatic nitrogens is 1. The monoisotopic (exact) mass is 299 g/mol. The van der Waals surface area contributed by atoms with E-state index in [2.05, 4.69) is 16.9 Å². The largest absolute Gasteiger partial charge is 0.371 e. The molecule has 0 radical (unpaired) electrons. The van der Waals surface area contributed by atoms with Gasteiger partial charge < -0.3 is 14.5 Å². The second kappa shape index (κ2) is 5.47. The average molecular weight is 300 g/mol. The SMILES string of the molecule is CN1CCC2(CC1)CN(c1ncc(Cl)cc1F)CCO2. The van der Waals surface area contributed by atoms with Crippen LogP contribution in [0, 0.1) is 5.82 Å². The molecule has 4 nitrogen and oxygen atoms in total. The normalized spacial score (nSPS) is 23.2. The van der Waals surface area contributed by atoms with Crippen molar-refractivity contribution in [1.82, 2.24) is 9.88 Å². The van der Waals surface area contributed by atoms with E-state index in [9.17, 15) is 4.39 Å². The Morgan fingerprint density at radius 2 is 2.10 bits per heavy atom. The van der Waals surface area contributed by atoms with Gasteiger partial charge in [0.1, 0.15) is 0 Å². The first kappa shape index (κ1) is 14.0. The number of piperidine rings is 1. The summed E-state index contributed by atoms with van der Waals surface area (Å²) in [5.41, 5.74) is -0.154. The molecule has 0 N–H and O–H groups in total. The summed E-state index contributed by atoms with van der Waals surface area (Å²) < 4.78 is 20.0. The standard InChI is InChI=1S/C14H19ClFN3O/c1-18-4-2-14(3-5-18)10-19(6-7-20-14)13-12(16)8-11(15)9-17-13/h8-9H,2-7,10H2,1H3. The summed E-state index contributed by atoms with van der Waals surface area (Å²) in [6.45, 7) is 4.03. The predicted octanol–water partition coefficient (Wildman–Crippen LogP) is 2.18. The van der Waals surface area contributed by atoms with Crippen molar-refractivity contribution in [3.05, 3.63) is 23.1 Å². The highest BCUT2D eigenvalue weighted by Crippen LogP contribution is 2.32. The van der Waals surface area contributed by atoms with Gasteiger partial charge in [0.05, 0.1) is 17.2 Å². The first-order chi connectivity index (χ1) is 9.58. The van der Waals surface area contributed by atoms with Crippen molar-refractivity contribution in [3.63, 3.8) is 0 Å². The van der Waals surface area contributed by atoms with Crippen LogP contribution in [0.5, 0.6) is 0 Å². The summed E-state index contributed by atoms with van der Waals surface area (Å²) in [5, 5.41) is 0.327. The van der Waals surface area contributed by atoms with Crippen molar-refractivity contribution in [2.75, 3.05) is 44.7 Å². The van der Waals surface area contributed by atoms with Crippen molar-refractivity contribution in [2.24, 2.45) is 0 Å². The van der Waals surface area contributed by atoms with Crippen molar-refractivity contribution in [1.29, 1.82) is 0 Å². The van der Waals surface area contributed by atoms with Gasteiger partial charge in [-0.05, 0) is 26.0 Å². The first-order valence-corrected chi connectivity index (χ1v) is 7.34. The fourth-order valence-corrected chi connectivity index (χ4v) is 3.14. The van der Waals surface area contributed by atoms with Gasteiger partial charge in [-0.15, -0.1) is 0 Å². The predicted molar refractivity (Wildman–Crippen MR) is 76.8 cm³/mol. The van der Waals surface area contributed by atoms with Gasteiger partial charge >= 0.3 is 0 Å². The number of anilines is 1. The van der Waals surface area contributed by atoms with Crippen LogP contribution in [-0.4, -0.2) is 55.3 Å². The number of nitrogens with zero attached hydrogens (tertiary/aromatic N) is 3. The summed E-state index contributed by atoms with van der Waals surface area (Å²) >= 11 is 5.76. The molecule has 0 saturated carbocycles. The fraction of sp³-hybridized carbons (Fsp3) is 0.643. The molecular weight excluding hydrogens is 281 g/mol. The van der Waals surface area contributed by atoms with Gasteiger partial charge in [-0.1, -0.05) is 11.6 Å². The number of likely N-dealkylation sites (tertiary alicyclic amines) is 1. The summed E-state index contributed by atoms with van der Waals surface area (Å²) in [7, 11) is 2.12. The molecule has 0 atom stereocenters. The molecule has 3 rings (SSSR count). The van der Waals surface area contributed by atoms with E-state index in [0.29, 0.717) is 30.5 Å². The molecule has 3 heterocycles. The molecule has 1 aromatic heterocycles. The van der Waals surface area contributed by atoms with Gasteiger partial charge in [0.15, 0.2) is 11.6 Å². The quantitative estimate of drug-likeness (QED) is 0.795. The second-order valence-electron chi connectivity index (χ2n) is 5.72. The van der Waals surface area contributed by atoms with Crippen LogP contribution < -0.4 is 4.90 Å². The van der Waals surface area contributed by atoms with E-state index in [4.69, 9.17) is 16.3 Å². The van der Waals surface area contributed by atoms with Gasteiger partial charge in [-0.25, -0.2) is 9.37 Å². The molecule has 110 valence electrons. The number of hydrogen-bond acceptors (Lipinski definition) is 4. The number of morpholine rings is 1. The molecule has 0 amide bonds. The van der Waals surface area contributed by atoms with E-state index in [-0.39, 0.29) is 11.4 Å². The second-order valence-corrected chi connectivity index (χ2v) is 6.15. The summed E-state index contributed by atoms with van der Waals surface area (Å²) in [4.78, 5) is 8.43. The van der Waals surface area contributed by atoms with Crippen LogP contribution >= 0.6 is 11.6 Å². The maximum atomic E-state index is 14.0. The number of rotatable bonds is 1. The highest BCUT2D eigenvalue weighted by molar-refractivity contribution is 6.30. The maximum absolute atomic E-state index is 14.0. The van der Waals surface area contributed by atoms with Crippen LogP contribution in [0.15, 0.2) is 12.3 Å². The minimum Gasteiger partial charge on any atom is -0.371 e. The van der Waals surface area contributed by atoms with E-state index < -0.39 is 0 Å². The number of ether oxygens (including phenoxy) is 1. The van der Waals surface area contributed by atoms with E-state index in [1.54, 1.807) is 0 Å². The zero-order valence-corrected chi connectivity index (χ0v) is 12.4. The van der Waals surface area contributed by atoms with Gasteiger partial charge in [0.2, 0.25) is 0 Å². The lowest BCUT2D eigenvalue weighted by molar-refractivity contribution is -0.0885. The molecule has 1 spiro atoms. The Balaban J connectivity index is 1.78. The third-order valence-corrected chi connectivity index (χ3v) is 4.44. The lowest BCUT2D eigenvalue weighted by atomic mass is 9.89. The van der Waals surface area contributed by atoms with Gasteiger partial charge in [0.25, 0.3) is 0 Å². The molecule has 0 aliphatic carbocycles. The lowest BCUT2D eigenvalue weighted by Gasteiger charge is -2.47. The zero-order valence-electron chi connectivity index (χ0n) is 11.6. The smallest absolute Gasteiger partial charge is 0.167 e.